The van der Waals surface area contributed by atoms with Gasteiger partial charge in [0.25, 0.3) is 5.91 Å². The first-order chi connectivity index (χ1) is 12.1. The van der Waals surface area contributed by atoms with Crippen LogP contribution in [0.5, 0.6) is 0 Å². The maximum absolute atomic E-state index is 12.4. The lowest BCUT2D eigenvalue weighted by atomic mass is 10.2. The Morgan fingerprint density at radius 1 is 1.28 bits per heavy atom. The van der Waals surface area contributed by atoms with E-state index in [9.17, 15) is 4.79 Å². The summed E-state index contributed by atoms with van der Waals surface area (Å²) in [5.74, 6) is -0.0329. The molecule has 1 aromatic heterocycles. The molecule has 4 nitrogen and oxygen atoms in total. The van der Waals surface area contributed by atoms with Crippen LogP contribution in [0.1, 0.15) is 41.0 Å². The quantitative estimate of drug-likeness (QED) is 0.728. The van der Waals surface area contributed by atoms with Gasteiger partial charge in [-0.3, -0.25) is 4.79 Å². The van der Waals surface area contributed by atoms with Crippen molar-refractivity contribution in [2.45, 2.75) is 32.6 Å². The van der Waals surface area contributed by atoms with Crippen LogP contribution in [0.15, 0.2) is 24.3 Å². The summed E-state index contributed by atoms with van der Waals surface area (Å²) >= 11 is 7.64. The molecule has 2 heterocycles. The molecule has 0 saturated carbocycles. The summed E-state index contributed by atoms with van der Waals surface area (Å²) in [4.78, 5) is 20.1. The van der Waals surface area contributed by atoms with Gasteiger partial charge in [-0.25, -0.2) is 4.98 Å². The van der Waals surface area contributed by atoms with Crippen molar-refractivity contribution in [3.63, 3.8) is 0 Å². The Morgan fingerprint density at radius 2 is 2.04 bits per heavy atom. The minimum atomic E-state index is -0.0329. The van der Waals surface area contributed by atoms with E-state index in [2.05, 4.69) is 15.2 Å². The number of nitrogens with zero attached hydrogens (tertiary/aromatic N) is 2. The van der Waals surface area contributed by atoms with Gasteiger partial charge in [0.15, 0.2) is 0 Å². The van der Waals surface area contributed by atoms with Crippen molar-refractivity contribution in [3.05, 3.63) is 39.9 Å². The monoisotopic (exact) mass is 377 g/mol. The number of aromatic nitrogens is 1. The van der Waals surface area contributed by atoms with Crippen LogP contribution >= 0.6 is 22.9 Å². The molecular weight excluding hydrogens is 354 g/mol. The van der Waals surface area contributed by atoms with Crippen LogP contribution in [0.3, 0.4) is 0 Å². The van der Waals surface area contributed by atoms with Crippen LogP contribution in [0, 0.1) is 6.92 Å². The van der Waals surface area contributed by atoms with Crippen LogP contribution in [-0.2, 0) is 0 Å². The van der Waals surface area contributed by atoms with E-state index in [0.29, 0.717) is 16.4 Å². The Hall–Kier alpha value is -1.43. The molecule has 0 aliphatic carbocycles. The molecule has 0 unspecified atom stereocenters. The SMILES string of the molecule is Cc1nc(-c2ccccc2Cl)sc1C(=O)NCCCCN1CCCC1. The molecule has 1 aliphatic heterocycles. The lowest BCUT2D eigenvalue weighted by Crippen LogP contribution is -2.26. The van der Waals surface area contributed by atoms with Gasteiger partial charge in [0.05, 0.1) is 10.7 Å². The first-order valence-electron chi connectivity index (χ1n) is 8.88. The first-order valence-corrected chi connectivity index (χ1v) is 10.1. The number of aryl methyl sites for hydroxylation is 1. The number of nitrogens with one attached hydrogen (secondary N) is 1. The van der Waals surface area contributed by atoms with Gasteiger partial charge >= 0.3 is 0 Å². The number of carbonyl (C=O) groups is 1. The third-order valence-corrected chi connectivity index (χ3v) is 6.01. The second kappa shape index (κ2) is 8.79. The van der Waals surface area contributed by atoms with E-state index < -0.39 is 0 Å². The van der Waals surface area contributed by atoms with Gasteiger partial charge in [-0.1, -0.05) is 29.8 Å². The van der Waals surface area contributed by atoms with Crippen molar-refractivity contribution in [1.82, 2.24) is 15.2 Å². The first kappa shape index (κ1) is 18.4. The van der Waals surface area contributed by atoms with Crippen molar-refractivity contribution >= 4 is 28.8 Å². The van der Waals surface area contributed by atoms with E-state index in [1.54, 1.807) is 0 Å². The zero-order valence-electron chi connectivity index (χ0n) is 14.6. The van der Waals surface area contributed by atoms with Crippen molar-refractivity contribution in [2.75, 3.05) is 26.2 Å². The predicted molar refractivity (Wildman–Crippen MR) is 105 cm³/mol. The zero-order valence-corrected chi connectivity index (χ0v) is 16.1. The topological polar surface area (TPSA) is 45.2 Å². The largest absolute Gasteiger partial charge is 0.351 e. The second-order valence-electron chi connectivity index (χ2n) is 6.43. The number of hydrogen-bond acceptors (Lipinski definition) is 4. The molecule has 2 aromatic rings. The summed E-state index contributed by atoms with van der Waals surface area (Å²) < 4.78 is 0. The molecule has 1 aromatic carbocycles. The fraction of sp³-hybridized carbons (Fsp3) is 0.474. The van der Waals surface area contributed by atoms with Crippen molar-refractivity contribution in [3.8, 4) is 10.6 Å². The number of thiazole rings is 1. The molecular formula is C19H24ClN3OS. The van der Waals surface area contributed by atoms with Crippen LogP contribution in [0.4, 0.5) is 0 Å². The van der Waals surface area contributed by atoms with Crippen molar-refractivity contribution < 1.29 is 4.79 Å². The normalized spacial score (nSPS) is 14.8. The molecule has 134 valence electrons. The third-order valence-electron chi connectivity index (χ3n) is 4.49. The number of halogens is 1. The maximum atomic E-state index is 12.4. The van der Waals surface area contributed by atoms with E-state index >= 15 is 0 Å². The molecule has 1 amide bonds. The van der Waals surface area contributed by atoms with Gasteiger partial charge in [0.1, 0.15) is 9.88 Å². The smallest absolute Gasteiger partial charge is 0.263 e. The highest BCUT2D eigenvalue weighted by Gasteiger charge is 2.17. The number of benzene rings is 1. The summed E-state index contributed by atoms with van der Waals surface area (Å²) in [7, 11) is 0. The average Bonchev–Trinajstić information content (AvgIpc) is 3.24. The second-order valence-corrected chi connectivity index (χ2v) is 7.83. The van der Waals surface area contributed by atoms with E-state index in [1.165, 1.54) is 37.3 Å². The fourth-order valence-electron chi connectivity index (χ4n) is 3.11. The fourth-order valence-corrected chi connectivity index (χ4v) is 4.41. The van der Waals surface area contributed by atoms with E-state index in [0.717, 1.165) is 35.7 Å². The Kier molecular flexibility index (Phi) is 6.45. The number of amides is 1. The molecule has 0 spiro atoms. The zero-order chi connectivity index (χ0) is 17.6. The van der Waals surface area contributed by atoms with E-state index in [4.69, 9.17) is 11.6 Å². The van der Waals surface area contributed by atoms with Gasteiger partial charge in [0.2, 0.25) is 0 Å². The molecule has 0 bridgehead atoms. The molecule has 1 aliphatic rings. The van der Waals surface area contributed by atoms with Gasteiger partial charge in [-0.05, 0) is 58.3 Å². The van der Waals surface area contributed by atoms with Crippen LogP contribution in [-0.4, -0.2) is 42.0 Å². The molecule has 1 fully saturated rings. The highest BCUT2D eigenvalue weighted by Crippen LogP contribution is 2.32. The number of likely N-dealkylation sites (tertiary alicyclic amines) is 1. The summed E-state index contributed by atoms with van der Waals surface area (Å²) in [6, 6.07) is 7.59. The number of carbonyl (C=O) groups excluding carboxylic acids is 1. The lowest BCUT2D eigenvalue weighted by molar-refractivity contribution is 0.0956. The highest BCUT2D eigenvalue weighted by atomic mass is 35.5. The standard InChI is InChI=1S/C19H24ClN3OS/c1-14-17(25-19(22-14)15-8-2-3-9-16(15)20)18(24)21-10-4-5-11-23-12-6-7-13-23/h2-3,8-9H,4-7,10-13H2,1H3,(H,21,24). The molecule has 0 atom stereocenters. The maximum Gasteiger partial charge on any atom is 0.263 e. The predicted octanol–water partition coefficient (Wildman–Crippen LogP) is 4.38. The van der Waals surface area contributed by atoms with Crippen molar-refractivity contribution in [2.24, 2.45) is 0 Å². The van der Waals surface area contributed by atoms with Gasteiger partial charge in [0, 0.05) is 12.1 Å². The molecule has 6 heteroatoms. The Labute approximate surface area is 158 Å². The Morgan fingerprint density at radius 3 is 2.80 bits per heavy atom. The lowest BCUT2D eigenvalue weighted by Gasteiger charge is -2.13. The van der Waals surface area contributed by atoms with E-state index in [-0.39, 0.29) is 5.91 Å². The third kappa shape index (κ3) is 4.81. The minimum absolute atomic E-state index is 0.0329. The van der Waals surface area contributed by atoms with Crippen LogP contribution in [0.25, 0.3) is 10.6 Å². The number of hydrogen-bond donors (Lipinski definition) is 1. The van der Waals surface area contributed by atoms with Gasteiger partial charge in [-0.2, -0.15) is 0 Å². The van der Waals surface area contributed by atoms with Crippen LogP contribution < -0.4 is 5.32 Å². The molecule has 3 rings (SSSR count). The molecule has 0 radical (unpaired) electrons. The molecule has 1 saturated heterocycles. The summed E-state index contributed by atoms with van der Waals surface area (Å²) in [6.45, 7) is 6.20. The Bertz CT molecular complexity index is 725. The van der Waals surface area contributed by atoms with E-state index in [1.807, 2.05) is 31.2 Å². The summed E-state index contributed by atoms with van der Waals surface area (Å²) in [5.41, 5.74) is 1.64. The summed E-state index contributed by atoms with van der Waals surface area (Å²) in [6.07, 6.45) is 4.80. The van der Waals surface area contributed by atoms with Gasteiger partial charge < -0.3 is 10.2 Å². The Balaban J connectivity index is 1.51. The highest BCUT2D eigenvalue weighted by molar-refractivity contribution is 7.17. The van der Waals surface area contributed by atoms with Gasteiger partial charge in [-0.15, -0.1) is 11.3 Å². The summed E-state index contributed by atoms with van der Waals surface area (Å²) in [5, 5.41) is 4.48. The number of rotatable bonds is 7. The van der Waals surface area contributed by atoms with Crippen molar-refractivity contribution in [1.29, 1.82) is 0 Å². The minimum Gasteiger partial charge on any atom is -0.351 e. The number of unbranched alkanes of at least 4 members (excludes halogenated alkanes) is 1. The van der Waals surface area contributed by atoms with Crippen LogP contribution in [0.2, 0.25) is 5.02 Å². The molecule has 25 heavy (non-hydrogen) atoms. The average molecular weight is 378 g/mol. The molecule has 1 N–H and O–H groups in total.